The molecule has 0 radical (unpaired) electrons. The summed E-state index contributed by atoms with van der Waals surface area (Å²) in [5, 5.41) is 9.86. The molecular formula is C16H27N5O. The van der Waals surface area contributed by atoms with E-state index in [9.17, 15) is 4.79 Å². The molecule has 6 heteroatoms. The zero-order chi connectivity index (χ0) is 15.4. The van der Waals surface area contributed by atoms with Crippen LogP contribution in [0.2, 0.25) is 0 Å². The first-order valence-electron chi connectivity index (χ1n) is 8.62. The zero-order valence-corrected chi connectivity index (χ0v) is 13.5. The van der Waals surface area contributed by atoms with Gasteiger partial charge >= 0.3 is 0 Å². The van der Waals surface area contributed by atoms with Crippen molar-refractivity contribution in [2.45, 2.75) is 64.5 Å². The van der Waals surface area contributed by atoms with E-state index < -0.39 is 0 Å². The van der Waals surface area contributed by atoms with Gasteiger partial charge in [-0.2, -0.15) is 5.10 Å². The van der Waals surface area contributed by atoms with Crippen LogP contribution in [-0.4, -0.2) is 45.1 Å². The molecule has 0 spiro atoms. The number of aromatic amines is 1. The van der Waals surface area contributed by atoms with E-state index in [2.05, 4.69) is 25.4 Å². The number of amides is 1. The van der Waals surface area contributed by atoms with Crippen molar-refractivity contribution in [1.29, 1.82) is 0 Å². The second kappa shape index (κ2) is 7.22. The summed E-state index contributed by atoms with van der Waals surface area (Å²) in [6.07, 6.45) is 8.83. The normalized spacial score (nSPS) is 24.3. The van der Waals surface area contributed by atoms with Crippen molar-refractivity contribution < 1.29 is 4.79 Å². The molecule has 1 amide bonds. The molecule has 1 saturated heterocycles. The van der Waals surface area contributed by atoms with Gasteiger partial charge in [-0.05, 0) is 39.2 Å². The van der Waals surface area contributed by atoms with Crippen molar-refractivity contribution >= 4 is 5.91 Å². The van der Waals surface area contributed by atoms with Crippen LogP contribution in [0.4, 0.5) is 0 Å². The van der Waals surface area contributed by atoms with Crippen LogP contribution in [0, 0.1) is 12.8 Å². The number of H-pyrrole nitrogens is 1. The fourth-order valence-electron chi connectivity index (χ4n) is 3.78. The largest absolute Gasteiger partial charge is 0.348 e. The second-order valence-corrected chi connectivity index (χ2v) is 6.68. The number of aryl methyl sites for hydroxylation is 1. The summed E-state index contributed by atoms with van der Waals surface area (Å²) in [6.45, 7) is 4.36. The van der Waals surface area contributed by atoms with E-state index in [0.717, 1.165) is 31.8 Å². The van der Waals surface area contributed by atoms with Gasteiger partial charge in [0.05, 0.1) is 12.5 Å². The van der Waals surface area contributed by atoms with Crippen LogP contribution in [0.1, 0.15) is 56.6 Å². The number of nitrogens with one attached hydrogen (secondary N) is 2. The quantitative estimate of drug-likeness (QED) is 0.889. The van der Waals surface area contributed by atoms with Gasteiger partial charge in [-0.3, -0.25) is 14.8 Å². The first-order chi connectivity index (χ1) is 10.7. The SMILES string of the molecule is Cc1nc(CNC(=O)C2CCCN(C3CCCCC3)C2)n[nH]1. The Hall–Kier alpha value is -1.43. The molecule has 1 aliphatic carbocycles. The molecule has 3 rings (SSSR count). The van der Waals surface area contributed by atoms with E-state index in [0.29, 0.717) is 18.4 Å². The van der Waals surface area contributed by atoms with Gasteiger partial charge in [0.15, 0.2) is 5.82 Å². The summed E-state index contributed by atoms with van der Waals surface area (Å²) in [5.74, 6) is 1.72. The number of carbonyl (C=O) groups is 1. The van der Waals surface area contributed by atoms with E-state index in [-0.39, 0.29) is 11.8 Å². The van der Waals surface area contributed by atoms with Crippen LogP contribution in [0.3, 0.4) is 0 Å². The lowest BCUT2D eigenvalue weighted by molar-refractivity contribution is -0.127. The summed E-state index contributed by atoms with van der Waals surface area (Å²) in [7, 11) is 0. The maximum absolute atomic E-state index is 12.4. The highest BCUT2D eigenvalue weighted by Crippen LogP contribution is 2.27. The third-order valence-electron chi connectivity index (χ3n) is 4.98. The number of nitrogens with zero attached hydrogens (tertiary/aromatic N) is 3. The number of likely N-dealkylation sites (tertiary alicyclic amines) is 1. The van der Waals surface area contributed by atoms with Gasteiger partial charge in [0.1, 0.15) is 5.82 Å². The first kappa shape index (κ1) is 15.5. The molecule has 2 aliphatic rings. The topological polar surface area (TPSA) is 73.9 Å². The maximum atomic E-state index is 12.4. The predicted molar refractivity (Wildman–Crippen MR) is 84.1 cm³/mol. The summed E-state index contributed by atoms with van der Waals surface area (Å²) in [4.78, 5) is 19.2. The lowest BCUT2D eigenvalue weighted by Crippen LogP contribution is -2.47. The molecule has 0 bridgehead atoms. The molecule has 1 saturated carbocycles. The van der Waals surface area contributed by atoms with Gasteiger partial charge in [0.2, 0.25) is 5.91 Å². The van der Waals surface area contributed by atoms with Gasteiger partial charge in [0.25, 0.3) is 0 Å². The predicted octanol–water partition coefficient (Wildman–Crippen LogP) is 1.77. The molecule has 122 valence electrons. The molecule has 1 aromatic heterocycles. The molecule has 1 unspecified atom stereocenters. The number of carbonyl (C=O) groups excluding carboxylic acids is 1. The van der Waals surface area contributed by atoms with Gasteiger partial charge in [-0.25, -0.2) is 4.98 Å². The first-order valence-corrected chi connectivity index (χ1v) is 8.62. The average Bonchev–Trinajstić information content (AvgIpc) is 2.99. The Morgan fingerprint density at radius 2 is 2.09 bits per heavy atom. The number of rotatable bonds is 4. The smallest absolute Gasteiger partial charge is 0.224 e. The standard InChI is InChI=1S/C16H27N5O/c1-12-18-15(20-19-12)10-17-16(22)13-6-5-9-21(11-13)14-7-3-2-4-8-14/h13-14H,2-11H2,1H3,(H,17,22)(H,18,19,20). The molecule has 22 heavy (non-hydrogen) atoms. The summed E-state index contributed by atoms with van der Waals surface area (Å²) in [5.41, 5.74) is 0. The van der Waals surface area contributed by atoms with Crippen molar-refractivity contribution in [1.82, 2.24) is 25.4 Å². The van der Waals surface area contributed by atoms with Crippen LogP contribution < -0.4 is 5.32 Å². The minimum Gasteiger partial charge on any atom is -0.348 e. The fourth-order valence-corrected chi connectivity index (χ4v) is 3.78. The van der Waals surface area contributed by atoms with Crippen LogP contribution in [0.25, 0.3) is 0 Å². The molecule has 6 nitrogen and oxygen atoms in total. The minimum absolute atomic E-state index is 0.121. The van der Waals surface area contributed by atoms with Crippen molar-refractivity contribution in [2.24, 2.45) is 5.92 Å². The zero-order valence-electron chi connectivity index (χ0n) is 13.5. The molecule has 2 N–H and O–H groups in total. The van der Waals surface area contributed by atoms with Gasteiger partial charge < -0.3 is 5.32 Å². The number of piperidine rings is 1. The second-order valence-electron chi connectivity index (χ2n) is 6.68. The van der Waals surface area contributed by atoms with Crippen molar-refractivity contribution in [3.63, 3.8) is 0 Å². The van der Waals surface area contributed by atoms with E-state index in [1.54, 1.807) is 0 Å². The Balaban J connectivity index is 1.49. The highest BCUT2D eigenvalue weighted by Gasteiger charge is 2.30. The maximum Gasteiger partial charge on any atom is 0.224 e. The van der Waals surface area contributed by atoms with E-state index in [4.69, 9.17) is 0 Å². The van der Waals surface area contributed by atoms with Crippen LogP contribution >= 0.6 is 0 Å². The van der Waals surface area contributed by atoms with Crippen LogP contribution in [-0.2, 0) is 11.3 Å². The molecule has 1 aromatic rings. The third-order valence-corrected chi connectivity index (χ3v) is 4.98. The summed E-state index contributed by atoms with van der Waals surface area (Å²) >= 11 is 0. The fraction of sp³-hybridized carbons (Fsp3) is 0.812. The Labute approximate surface area is 132 Å². The molecule has 0 aromatic carbocycles. The van der Waals surface area contributed by atoms with Crippen molar-refractivity contribution in [2.75, 3.05) is 13.1 Å². The van der Waals surface area contributed by atoms with Crippen molar-refractivity contribution in [3.8, 4) is 0 Å². The number of hydrogen-bond donors (Lipinski definition) is 2. The Kier molecular flexibility index (Phi) is 5.08. The van der Waals surface area contributed by atoms with Crippen LogP contribution in [0.5, 0.6) is 0 Å². The van der Waals surface area contributed by atoms with Crippen molar-refractivity contribution in [3.05, 3.63) is 11.6 Å². The molecule has 2 fully saturated rings. The van der Waals surface area contributed by atoms with Gasteiger partial charge in [0, 0.05) is 12.6 Å². The number of aromatic nitrogens is 3. The van der Waals surface area contributed by atoms with E-state index in [1.807, 2.05) is 6.92 Å². The highest BCUT2D eigenvalue weighted by atomic mass is 16.1. The summed E-state index contributed by atoms with van der Waals surface area (Å²) < 4.78 is 0. The van der Waals surface area contributed by atoms with Gasteiger partial charge in [-0.1, -0.05) is 19.3 Å². The summed E-state index contributed by atoms with van der Waals surface area (Å²) in [6, 6.07) is 0.708. The van der Waals surface area contributed by atoms with E-state index in [1.165, 1.54) is 32.1 Å². The Morgan fingerprint density at radius 3 is 2.82 bits per heavy atom. The Bertz CT molecular complexity index is 494. The number of hydrogen-bond acceptors (Lipinski definition) is 4. The minimum atomic E-state index is 0.121. The molecule has 1 atom stereocenters. The third kappa shape index (κ3) is 3.85. The van der Waals surface area contributed by atoms with Crippen LogP contribution in [0.15, 0.2) is 0 Å². The Morgan fingerprint density at radius 1 is 1.27 bits per heavy atom. The molecule has 2 heterocycles. The van der Waals surface area contributed by atoms with E-state index >= 15 is 0 Å². The average molecular weight is 305 g/mol. The highest BCUT2D eigenvalue weighted by molar-refractivity contribution is 5.78. The molecular weight excluding hydrogens is 278 g/mol. The monoisotopic (exact) mass is 305 g/mol. The molecule has 1 aliphatic heterocycles. The van der Waals surface area contributed by atoms with Gasteiger partial charge in [-0.15, -0.1) is 0 Å². The lowest BCUT2D eigenvalue weighted by atomic mass is 9.90. The lowest BCUT2D eigenvalue weighted by Gasteiger charge is -2.39.